The van der Waals surface area contributed by atoms with Crippen molar-refractivity contribution < 1.29 is 4.79 Å². The molecule has 0 bridgehead atoms. The number of fused-ring (bicyclic) bond motifs is 1. The van der Waals surface area contributed by atoms with Gasteiger partial charge in [0.1, 0.15) is 0 Å². The molecule has 0 unspecified atom stereocenters. The lowest BCUT2D eigenvalue weighted by molar-refractivity contribution is 0.101. The first kappa shape index (κ1) is 16.2. The Morgan fingerprint density at radius 1 is 1.32 bits per heavy atom. The first-order valence-electron chi connectivity index (χ1n) is 7.47. The van der Waals surface area contributed by atoms with Crippen molar-refractivity contribution in [2.75, 3.05) is 32.7 Å². The molecule has 0 aliphatic carbocycles. The Hall–Kier alpha value is -2.14. The normalized spacial score (nSPS) is 10.9. The fraction of sp³-hybridized carbons (Fsp3) is 0.412. The van der Waals surface area contributed by atoms with Crippen LogP contribution in [0.4, 0.5) is 0 Å². The van der Waals surface area contributed by atoms with E-state index in [-0.39, 0.29) is 16.8 Å². The number of nitrogens with one attached hydrogen (secondary N) is 1. The minimum atomic E-state index is -0.205. The number of carbonyl (C=O) groups is 1. The SMILES string of the molecule is CNCCCc1ccc2c(c1)c(=O)c(C(C)=O)cn2N(C)C. The number of nitrogens with zero attached hydrogens (tertiary/aromatic N) is 2. The molecule has 0 saturated heterocycles. The van der Waals surface area contributed by atoms with Crippen LogP contribution in [0.3, 0.4) is 0 Å². The van der Waals surface area contributed by atoms with Crippen molar-refractivity contribution in [1.82, 2.24) is 9.99 Å². The van der Waals surface area contributed by atoms with Crippen molar-refractivity contribution >= 4 is 16.7 Å². The molecule has 22 heavy (non-hydrogen) atoms. The van der Waals surface area contributed by atoms with E-state index < -0.39 is 0 Å². The van der Waals surface area contributed by atoms with E-state index in [0.717, 1.165) is 30.5 Å². The van der Waals surface area contributed by atoms with Crippen molar-refractivity contribution in [2.24, 2.45) is 0 Å². The topological polar surface area (TPSA) is 54.3 Å². The minimum absolute atomic E-state index is 0.184. The van der Waals surface area contributed by atoms with Gasteiger partial charge in [-0.1, -0.05) is 6.07 Å². The monoisotopic (exact) mass is 301 g/mol. The number of hydrogen-bond donors (Lipinski definition) is 1. The van der Waals surface area contributed by atoms with Crippen LogP contribution in [0, 0.1) is 0 Å². The third-order valence-corrected chi connectivity index (χ3v) is 3.75. The number of aromatic nitrogens is 1. The highest BCUT2D eigenvalue weighted by Gasteiger charge is 2.13. The van der Waals surface area contributed by atoms with E-state index in [1.54, 1.807) is 6.20 Å². The highest BCUT2D eigenvalue weighted by Crippen LogP contribution is 2.16. The lowest BCUT2D eigenvalue weighted by atomic mass is 10.0. The largest absolute Gasteiger partial charge is 0.320 e. The highest BCUT2D eigenvalue weighted by atomic mass is 16.1. The summed E-state index contributed by atoms with van der Waals surface area (Å²) in [4.78, 5) is 24.3. The second kappa shape index (κ2) is 6.75. The van der Waals surface area contributed by atoms with Crippen molar-refractivity contribution in [3.05, 3.63) is 45.7 Å². The van der Waals surface area contributed by atoms with Gasteiger partial charge in [0, 0.05) is 25.7 Å². The van der Waals surface area contributed by atoms with Crippen LogP contribution in [0.15, 0.2) is 29.2 Å². The Bertz CT molecular complexity index is 747. The number of carbonyl (C=O) groups excluding carboxylic acids is 1. The van der Waals surface area contributed by atoms with Gasteiger partial charge in [-0.2, -0.15) is 0 Å². The quantitative estimate of drug-likeness (QED) is 0.650. The maximum Gasteiger partial charge on any atom is 0.200 e. The Morgan fingerprint density at radius 3 is 2.64 bits per heavy atom. The van der Waals surface area contributed by atoms with Crippen LogP contribution < -0.4 is 15.8 Å². The lowest BCUT2D eigenvalue weighted by Crippen LogP contribution is -2.29. The van der Waals surface area contributed by atoms with E-state index in [1.165, 1.54) is 6.92 Å². The van der Waals surface area contributed by atoms with E-state index >= 15 is 0 Å². The summed E-state index contributed by atoms with van der Waals surface area (Å²) in [5.41, 5.74) is 1.98. The Morgan fingerprint density at radius 2 is 2.05 bits per heavy atom. The third-order valence-electron chi connectivity index (χ3n) is 3.75. The zero-order chi connectivity index (χ0) is 16.3. The van der Waals surface area contributed by atoms with Gasteiger partial charge in [-0.15, -0.1) is 0 Å². The van der Waals surface area contributed by atoms with Gasteiger partial charge in [0.25, 0.3) is 0 Å². The number of hydrogen-bond acceptors (Lipinski definition) is 4. The molecule has 0 radical (unpaired) electrons. The van der Waals surface area contributed by atoms with Gasteiger partial charge in [0.05, 0.1) is 11.1 Å². The standard InChI is InChI=1S/C17H23N3O2/c1-12(21)15-11-20(19(3)4)16-8-7-13(6-5-9-18-2)10-14(16)17(15)22/h7-8,10-11,18H,5-6,9H2,1-4H3. The smallest absolute Gasteiger partial charge is 0.200 e. The molecule has 1 aromatic carbocycles. The third kappa shape index (κ3) is 3.20. The summed E-state index contributed by atoms with van der Waals surface area (Å²) in [5.74, 6) is -0.205. The van der Waals surface area contributed by atoms with E-state index in [1.807, 2.05) is 49.0 Å². The zero-order valence-electron chi connectivity index (χ0n) is 13.6. The Balaban J connectivity index is 2.61. The molecule has 5 heteroatoms. The van der Waals surface area contributed by atoms with Gasteiger partial charge in [-0.05, 0) is 51.1 Å². The molecular formula is C17H23N3O2. The van der Waals surface area contributed by atoms with Crippen LogP contribution in [0.1, 0.15) is 29.3 Å². The fourth-order valence-electron chi connectivity index (χ4n) is 2.57. The molecular weight excluding hydrogens is 278 g/mol. The van der Waals surface area contributed by atoms with Crippen molar-refractivity contribution in [3.8, 4) is 0 Å². The maximum absolute atomic E-state index is 12.6. The van der Waals surface area contributed by atoms with Crippen LogP contribution in [0.25, 0.3) is 10.9 Å². The molecule has 0 spiro atoms. The van der Waals surface area contributed by atoms with Crippen molar-refractivity contribution in [3.63, 3.8) is 0 Å². The molecule has 0 aliphatic heterocycles. The Labute approximate surface area is 130 Å². The first-order chi connectivity index (χ1) is 10.5. The number of pyridine rings is 1. The summed E-state index contributed by atoms with van der Waals surface area (Å²) < 4.78 is 1.84. The average molecular weight is 301 g/mol. The van der Waals surface area contributed by atoms with Crippen LogP contribution in [0.2, 0.25) is 0 Å². The highest BCUT2D eigenvalue weighted by molar-refractivity contribution is 5.97. The maximum atomic E-state index is 12.6. The predicted molar refractivity (Wildman–Crippen MR) is 90.5 cm³/mol. The van der Waals surface area contributed by atoms with Gasteiger partial charge in [0.15, 0.2) is 11.2 Å². The average Bonchev–Trinajstić information content (AvgIpc) is 2.47. The van der Waals surface area contributed by atoms with E-state index in [0.29, 0.717) is 5.39 Å². The van der Waals surface area contributed by atoms with Crippen LogP contribution in [0.5, 0.6) is 0 Å². The van der Waals surface area contributed by atoms with Gasteiger partial charge >= 0.3 is 0 Å². The molecule has 0 amide bonds. The molecule has 0 aliphatic rings. The zero-order valence-corrected chi connectivity index (χ0v) is 13.6. The van der Waals surface area contributed by atoms with Gasteiger partial charge in [0.2, 0.25) is 0 Å². The molecule has 5 nitrogen and oxygen atoms in total. The van der Waals surface area contributed by atoms with Crippen molar-refractivity contribution in [1.29, 1.82) is 0 Å². The predicted octanol–water partition coefficient (Wildman–Crippen LogP) is 1.55. The van der Waals surface area contributed by atoms with Gasteiger partial charge in [-0.25, -0.2) is 0 Å². The minimum Gasteiger partial charge on any atom is -0.320 e. The molecule has 0 atom stereocenters. The fourth-order valence-corrected chi connectivity index (χ4v) is 2.57. The summed E-state index contributed by atoms with van der Waals surface area (Å²) >= 11 is 0. The van der Waals surface area contributed by atoms with E-state index in [9.17, 15) is 9.59 Å². The summed E-state index contributed by atoms with van der Waals surface area (Å²) in [6.45, 7) is 2.37. The van der Waals surface area contributed by atoms with Gasteiger partial charge in [-0.3, -0.25) is 14.3 Å². The van der Waals surface area contributed by atoms with Crippen LogP contribution in [-0.2, 0) is 6.42 Å². The molecule has 0 saturated carbocycles. The summed E-state index contributed by atoms with van der Waals surface area (Å²) in [6, 6.07) is 5.92. The number of Topliss-reactive ketones (excluding diaryl/α,β-unsaturated/α-hetero) is 1. The summed E-state index contributed by atoms with van der Waals surface area (Å²) in [7, 11) is 5.69. The molecule has 1 heterocycles. The summed E-state index contributed by atoms with van der Waals surface area (Å²) in [5, 5.41) is 5.57. The molecule has 1 aromatic heterocycles. The number of aryl methyl sites for hydroxylation is 1. The lowest BCUT2D eigenvalue weighted by Gasteiger charge is -2.20. The second-order valence-electron chi connectivity index (χ2n) is 5.68. The number of benzene rings is 1. The van der Waals surface area contributed by atoms with Gasteiger partial charge < -0.3 is 10.3 Å². The first-order valence-corrected chi connectivity index (χ1v) is 7.47. The number of rotatable bonds is 6. The molecule has 2 aromatic rings. The van der Waals surface area contributed by atoms with E-state index in [2.05, 4.69) is 5.32 Å². The molecule has 118 valence electrons. The second-order valence-corrected chi connectivity index (χ2v) is 5.68. The van der Waals surface area contributed by atoms with Crippen LogP contribution >= 0.6 is 0 Å². The molecule has 2 rings (SSSR count). The van der Waals surface area contributed by atoms with E-state index in [4.69, 9.17) is 0 Å². The van der Waals surface area contributed by atoms with Crippen LogP contribution in [-0.4, -0.2) is 38.1 Å². The summed E-state index contributed by atoms with van der Waals surface area (Å²) in [6.07, 6.45) is 3.53. The number of ketones is 1. The molecule has 1 N–H and O–H groups in total. The van der Waals surface area contributed by atoms with Crippen molar-refractivity contribution in [2.45, 2.75) is 19.8 Å². The molecule has 0 fully saturated rings. The Kier molecular flexibility index (Phi) is 4.98.